The Morgan fingerprint density at radius 2 is 1.48 bits per heavy atom. The van der Waals surface area contributed by atoms with Crippen molar-refractivity contribution in [1.82, 2.24) is 0 Å². The van der Waals surface area contributed by atoms with Gasteiger partial charge in [0.25, 0.3) is 0 Å². The molecule has 1 N–H and O–H groups in total. The normalized spacial score (nSPS) is 14.3. The maximum atomic E-state index is 13.6. The van der Waals surface area contributed by atoms with Crippen LogP contribution in [0, 0.1) is 0 Å². The van der Waals surface area contributed by atoms with Crippen molar-refractivity contribution in [3.8, 4) is 5.75 Å². The van der Waals surface area contributed by atoms with Gasteiger partial charge in [0.2, 0.25) is 0 Å². The first-order valence-electron chi connectivity index (χ1n) is 6.42. The van der Waals surface area contributed by atoms with Crippen LogP contribution < -0.4 is 10.1 Å². The molecule has 0 amide bonds. The summed E-state index contributed by atoms with van der Waals surface area (Å²) < 4.78 is 45.9. The number of hydrogen-bond donors (Lipinski definition) is 1. The summed E-state index contributed by atoms with van der Waals surface area (Å²) in [6.45, 7) is 1.12. The highest BCUT2D eigenvalue weighted by Gasteiger charge is 2.52. The van der Waals surface area contributed by atoms with Gasteiger partial charge in [-0.3, -0.25) is 0 Å². The summed E-state index contributed by atoms with van der Waals surface area (Å²) in [7, 11) is 1.42. The lowest BCUT2D eigenvalue weighted by molar-refractivity contribution is -0.177. The van der Waals surface area contributed by atoms with E-state index < -0.39 is 11.7 Å². The standard InChI is InChI=1S/C16H16F3NO/c1-15(16(17,18)19,12-8-4-3-5-9-12)20-13-10-6-7-11-14(13)21-2/h3-11,20H,1-2H3/t15-/m1/s1. The minimum absolute atomic E-state index is 0.142. The largest absolute Gasteiger partial charge is 0.495 e. The van der Waals surface area contributed by atoms with Gasteiger partial charge in [0, 0.05) is 0 Å². The Labute approximate surface area is 121 Å². The smallest absolute Gasteiger partial charge is 0.415 e. The average Bonchev–Trinajstić information content (AvgIpc) is 2.47. The third kappa shape index (κ3) is 2.96. The highest BCUT2D eigenvalue weighted by molar-refractivity contribution is 5.59. The van der Waals surface area contributed by atoms with E-state index in [0.29, 0.717) is 11.4 Å². The Kier molecular flexibility index (Phi) is 4.11. The number of para-hydroxylation sites is 2. The lowest BCUT2D eigenvalue weighted by Gasteiger charge is -2.35. The van der Waals surface area contributed by atoms with Crippen LogP contribution in [0.25, 0.3) is 0 Å². The Balaban J connectivity index is 2.48. The summed E-state index contributed by atoms with van der Waals surface area (Å²) in [6, 6.07) is 14.3. The fourth-order valence-electron chi connectivity index (χ4n) is 2.10. The van der Waals surface area contributed by atoms with Gasteiger partial charge in [0.05, 0.1) is 12.8 Å². The molecule has 112 valence electrons. The second kappa shape index (κ2) is 5.68. The molecule has 1 atom stereocenters. The molecule has 0 aromatic heterocycles. The van der Waals surface area contributed by atoms with Crippen LogP contribution in [0.5, 0.6) is 5.75 Å². The number of anilines is 1. The first kappa shape index (κ1) is 15.2. The molecule has 0 aliphatic carbocycles. The highest BCUT2D eigenvalue weighted by Crippen LogP contribution is 2.42. The predicted octanol–water partition coefficient (Wildman–Crippen LogP) is 4.58. The van der Waals surface area contributed by atoms with Crippen molar-refractivity contribution in [2.24, 2.45) is 0 Å². The van der Waals surface area contributed by atoms with E-state index in [2.05, 4.69) is 5.32 Å². The zero-order valence-electron chi connectivity index (χ0n) is 11.7. The fraction of sp³-hybridized carbons (Fsp3) is 0.250. The number of benzene rings is 2. The quantitative estimate of drug-likeness (QED) is 0.891. The summed E-state index contributed by atoms with van der Waals surface area (Å²) >= 11 is 0. The molecule has 0 spiro atoms. The molecule has 0 aliphatic rings. The summed E-state index contributed by atoms with van der Waals surface area (Å²) in [6.07, 6.45) is -4.46. The average molecular weight is 295 g/mol. The van der Waals surface area contributed by atoms with Crippen LogP contribution in [0.1, 0.15) is 12.5 Å². The van der Waals surface area contributed by atoms with Gasteiger partial charge in [-0.1, -0.05) is 42.5 Å². The van der Waals surface area contributed by atoms with E-state index in [1.54, 1.807) is 42.5 Å². The van der Waals surface area contributed by atoms with Crippen LogP contribution in [-0.4, -0.2) is 13.3 Å². The van der Waals surface area contributed by atoms with E-state index in [9.17, 15) is 13.2 Å². The predicted molar refractivity (Wildman–Crippen MR) is 76.5 cm³/mol. The zero-order valence-corrected chi connectivity index (χ0v) is 11.7. The van der Waals surface area contributed by atoms with Gasteiger partial charge >= 0.3 is 6.18 Å². The SMILES string of the molecule is COc1ccccc1N[C@](C)(c1ccccc1)C(F)(F)F. The van der Waals surface area contributed by atoms with Crippen LogP contribution in [0.2, 0.25) is 0 Å². The fourth-order valence-corrected chi connectivity index (χ4v) is 2.10. The summed E-state index contributed by atoms with van der Waals surface area (Å²) in [5, 5.41) is 2.58. The van der Waals surface area contributed by atoms with Crippen LogP contribution >= 0.6 is 0 Å². The van der Waals surface area contributed by atoms with Crippen molar-refractivity contribution in [1.29, 1.82) is 0 Å². The molecule has 2 nitrogen and oxygen atoms in total. The molecule has 2 rings (SSSR count). The maximum Gasteiger partial charge on any atom is 0.415 e. The summed E-state index contributed by atoms with van der Waals surface area (Å²) in [5.41, 5.74) is -1.77. The van der Waals surface area contributed by atoms with Gasteiger partial charge < -0.3 is 10.1 Å². The lowest BCUT2D eigenvalue weighted by atomic mass is 9.90. The molecule has 0 heterocycles. The van der Waals surface area contributed by atoms with Crippen LogP contribution in [0.4, 0.5) is 18.9 Å². The number of methoxy groups -OCH3 is 1. The molecular weight excluding hydrogens is 279 g/mol. The second-order valence-electron chi connectivity index (χ2n) is 4.81. The molecule has 0 bridgehead atoms. The van der Waals surface area contributed by atoms with E-state index in [1.807, 2.05) is 0 Å². The van der Waals surface area contributed by atoms with Gasteiger partial charge in [-0.2, -0.15) is 13.2 Å². The minimum Gasteiger partial charge on any atom is -0.495 e. The topological polar surface area (TPSA) is 21.3 Å². The molecule has 0 unspecified atom stereocenters. The Morgan fingerprint density at radius 1 is 0.905 bits per heavy atom. The number of rotatable bonds is 4. The maximum absolute atomic E-state index is 13.6. The van der Waals surface area contributed by atoms with Crippen LogP contribution in [0.3, 0.4) is 0 Å². The molecule has 0 saturated carbocycles. The first-order valence-corrected chi connectivity index (χ1v) is 6.42. The Hall–Kier alpha value is -2.17. The monoisotopic (exact) mass is 295 g/mol. The van der Waals surface area contributed by atoms with Crippen molar-refractivity contribution >= 4 is 5.69 Å². The zero-order chi connectivity index (χ0) is 15.5. The third-order valence-corrected chi connectivity index (χ3v) is 3.41. The van der Waals surface area contributed by atoms with E-state index in [4.69, 9.17) is 4.74 Å². The van der Waals surface area contributed by atoms with E-state index in [0.717, 1.165) is 6.92 Å². The van der Waals surface area contributed by atoms with Gasteiger partial charge in [-0.25, -0.2) is 0 Å². The molecule has 0 saturated heterocycles. The minimum atomic E-state index is -4.46. The molecule has 21 heavy (non-hydrogen) atoms. The number of halogens is 3. The van der Waals surface area contributed by atoms with Gasteiger partial charge in [-0.15, -0.1) is 0 Å². The number of nitrogens with one attached hydrogen (secondary N) is 1. The number of hydrogen-bond acceptors (Lipinski definition) is 2. The molecule has 2 aromatic carbocycles. The van der Waals surface area contributed by atoms with Gasteiger partial charge in [0.1, 0.15) is 5.75 Å². The molecule has 0 fully saturated rings. The van der Waals surface area contributed by atoms with Crippen molar-refractivity contribution in [2.45, 2.75) is 18.6 Å². The summed E-state index contributed by atoms with van der Waals surface area (Å²) in [5.74, 6) is 0.365. The van der Waals surface area contributed by atoms with Crippen molar-refractivity contribution in [3.63, 3.8) is 0 Å². The van der Waals surface area contributed by atoms with Gasteiger partial charge in [0.15, 0.2) is 5.54 Å². The van der Waals surface area contributed by atoms with Gasteiger partial charge in [-0.05, 0) is 24.6 Å². The summed E-state index contributed by atoms with van der Waals surface area (Å²) in [4.78, 5) is 0. The van der Waals surface area contributed by atoms with Crippen LogP contribution in [-0.2, 0) is 5.54 Å². The number of alkyl halides is 3. The lowest BCUT2D eigenvalue weighted by Crippen LogP contribution is -2.46. The van der Waals surface area contributed by atoms with E-state index in [-0.39, 0.29) is 5.56 Å². The van der Waals surface area contributed by atoms with Crippen molar-refractivity contribution in [3.05, 3.63) is 60.2 Å². The van der Waals surface area contributed by atoms with E-state index >= 15 is 0 Å². The molecule has 5 heteroatoms. The Bertz CT molecular complexity index is 598. The first-order chi connectivity index (χ1) is 9.88. The van der Waals surface area contributed by atoms with Crippen LogP contribution in [0.15, 0.2) is 54.6 Å². The molecular formula is C16H16F3NO. The molecule has 0 aliphatic heterocycles. The second-order valence-corrected chi connectivity index (χ2v) is 4.81. The number of ether oxygens (including phenoxy) is 1. The van der Waals surface area contributed by atoms with Crippen molar-refractivity contribution in [2.75, 3.05) is 12.4 Å². The third-order valence-electron chi connectivity index (χ3n) is 3.41. The molecule has 2 aromatic rings. The van der Waals surface area contributed by atoms with E-state index in [1.165, 1.54) is 19.2 Å². The van der Waals surface area contributed by atoms with Crippen molar-refractivity contribution < 1.29 is 17.9 Å². The molecule has 0 radical (unpaired) electrons. The highest BCUT2D eigenvalue weighted by atomic mass is 19.4. The Morgan fingerprint density at radius 3 is 2.05 bits per heavy atom.